The molecule has 0 fully saturated rings. The van der Waals surface area contributed by atoms with Crippen LogP contribution in [0.5, 0.6) is 0 Å². The van der Waals surface area contributed by atoms with Gasteiger partial charge in [-0.15, -0.1) is 0 Å². The molecule has 1 heterocycles. The Labute approximate surface area is 128 Å². The number of aromatic amines is 1. The maximum absolute atomic E-state index is 12.4. The van der Waals surface area contributed by atoms with Crippen molar-refractivity contribution in [3.8, 4) is 0 Å². The molecule has 3 aromatic rings. The molecule has 0 bridgehead atoms. The van der Waals surface area contributed by atoms with Crippen LogP contribution in [-0.4, -0.2) is 16.0 Å². The van der Waals surface area contributed by atoms with E-state index in [1.165, 1.54) is 10.9 Å². The summed E-state index contributed by atoms with van der Waals surface area (Å²) in [7, 11) is 0. The monoisotopic (exact) mass is 295 g/mol. The number of ketones is 1. The highest BCUT2D eigenvalue weighted by molar-refractivity contribution is 8.00. The van der Waals surface area contributed by atoms with Crippen LogP contribution < -0.4 is 0 Å². The molecule has 0 aliphatic rings. The topological polar surface area (TPSA) is 32.9 Å². The summed E-state index contributed by atoms with van der Waals surface area (Å²) in [5.74, 6) is 0.165. The van der Waals surface area contributed by atoms with Gasteiger partial charge < -0.3 is 4.98 Å². The third-order valence-corrected chi connectivity index (χ3v) is 4.56. The first-order valence-electron chi connectivity index (χ1n) is 6.99. The number of nitrogens with one attached hydrogen (secondary N) is 1. The number of benzene rings is 2. The Morgan fingerprint density at radius 1 is 1.10 bits per heavy atom. The minimum Gasteiger partial charge on any atom is -0.350 e. The van der Waals surface area contributed by atoms with E-state index in [-0.39, 0.29) is 11.0 Å². The number of thioether (sulfide) groups is 1. The van der Waals surface area contributed by atoms with Crippen molar-refractivity contribution in [2.24, 2.45) is 0 Å². The number of rotatable bonds is 4. The number of carbonyl (C=O) groups is 1. The minimum atomic E-state index is -0.110. The molecular weight excluding hydrogens is 278 g/mol. The fourth-order valence-corrected chi connectivity index (χ4v) is 3.29. The van der Waals surface area contributed by atoms with Gasteiger partial charge in [0.05, 0.1) is 10.3 Å². The normalized spacial score (nSPS) is 12.5. The van der Waals surface area contributed by atoms with Crippen LogP contribution in [0.1, 0.15) is 22.8 Å². The summed E-state index contributed by atoms with van der Waals surface area (Å²) in [6.45, 7) is 3.98. The molecule has 3 rings (SSSR count). The van der Waals surface area contributed by atoms with E-state index in [2.05, 4.69) is 17.1 Å². The van der Waals surface area contributed by atoms with Gasteiger partial charge in [0.2, 0.25) is 0 Å². The van der Waals surface area contributed by atoms with Gasteiger partial charge in [0.1, 0.15) is 0 Å². The summed E-state index contributed by atoms with van der Waals surface area (Å²) in [6, 6.07) is 18.0. The molecule has 2 nitrogen and oxygen atoms in total. The number of para-hydroxylation sites is 1. The first-order valence-corrected chi connectivity index (χ1v) is 7.87. The standard InChI is InChI=1S/C18H17NOS/c1-12-7-9-14(10-8-12)18(20)13(2)21-17-11-15-5-3-4-6-16(15)19-17/h3-11,13,19H,1-2H3. The van der Waals surface area contributed by atoms with Gasteiger partial charge in [-0.25, -0.2) is 0 Å². The molecule has 3 heteroatoms. The molecular formula is C18H17NOS. The van der Waals surface area contributed by atoms with Crippen molar-refractivity contribution >= 4 is 28.4 Å². The highest BCUT2D eigenvalue weighted by Crippen LogP contribution is 2.28. The molecule has 106 valence electrons. The van der Waals surface area contributed by atoms with Crippen LogP contribution >= 0.6 is 11.8 Å². The minimum absolute atomic E-state index is 0.110. The molecule has 1 aromatic heterocycles. The van der Waals surface area contributed by atoms with Crippen LogP contribution in [0.15, 0.2) is 59.6 Å². The maximum Gasteiger partial charge on any atom is 0.175 e. The van der Waals surface area contributed by atoms with E-state index in [0.717, 1.165) is 16.1 Å². The SMILES string of the molecule is Cc1ccc(C(=O)C(C)Sc2cc3ccccc3[nH]2)cc1. The molecule has 0 saturated carbocycles. The lowest BCUT2D eigenvalue weighted by molar-refractivity contribution is 0.0994. The van der Waals surface area contributed by atoms with Crippen LogP contribution in [0.4, 0.5) is 0 Å². The number of carbonyl (C=O) groups excluding carboxylic acids is 1. The first-order chi connectivity index (χ1) is 10.1. The van der Waals surface area contributed by atoms with Gasteiger partial charge in [0.15, 0.2) is 5.78 Å². The molecule has 0 radical (unpaired) electrons. The average molecular weight is 295 g/mol. The van der Waals surface area contributed by atoms with E-state index in [4.69, 9.17) is 0 Å². The Morgan fingerprint density at radius 3 is 2.52 bits per heavy atom. The number of Topliss-reactive ketones (excluding diaryl/α,β-unsaturated/α-hetero) is 1. The molecule has 1 unspecified atom stereocenters. The summed E-state index contributed by atoms with van der Waals surface area (Å²) in [5.41, 5.74) is 3.05. The highest BCUT2D eigenvalue weighted by atomic mass is 32.2. The van der Waals surface area contributed by atoms with Crippen molar-refractivity contribution in [2.45, 2.75) is 24.1 Å². The largest absolute Gasteiger partial charge is 0.350 e. The Kier molecular flexibility index (Phi) is 3.84. The van der Waals surface area contributed by atoms with Gasteiger partial charge in [-0.05, 0) is 26.0 Å². The van der Waals surface area contributed by atoms with Crippen molar-refractivity contribution in [1.82, 2.24) is 4.98 Å². The van der Waals surface area contributed by atoms with E-state index >= 15 is 0 Å². The number of hydrogen-bond acceptors (Lipinski definition) is 2. The van der Waals surface area contributed by atoms with Crippen LogP contribution in [0.25, 0.3) is 10.9 Å². The van der Waals surface area contributed by atoms with Crippen LogP contribution in [0, 0.1) is 6.92 Å². The third-order valence-electron chi connectivity index (χ3n) is 3.51. The van der Waals surface area contributed by atoms with Gasteiger partial charge in [0, 0.05) is 16.5 Å². The number of aromatic nitrogens is 1. The lowest BCUT2D eigenvalue weighted by Crippen LogP contribution is -2.13. The Morgan fingerprint density at radius 2 is 1.81 bits per heavy atom. The molecule has 0 spiro atoms. The van der Waals surface area contributed by atoms with Crippen molar-refractivity contribution in [2.75, 3.05) is 0 Å². The van der Waals surface area contributed by atoms with E-state index in [1.807, 2.05) is 56.3 Å². The van der Waals surface area contributed by atoms with Gasteiger partial charge >= 0.3 is 0 Å². The van der Waals surface area contributed by atoms with E-state index in [1.54, 1.807) is 11.8 Å². The van der Waals surface area contributed by atoms with Crippen molar-refractivity contribution < 1.29 is 4.79 Å². The van der Waals surface area contributed by atoms with Crippen molar-refractivity contribution in [1.29, 1.82) is 0 Å². The van der Waals surface area contributed by atoms with Crippen LogP contribution in [-0.2, 0) is 0 Å². The van der Waals surface area contributed by atoms with Crippen LogP contribution in [0.2, 0.25) is 0 Å². The van der Waals surface area contributed by atoms with Crippen LogP contribution in [0.3, 0.4) is 0 Å². The molecule has 1 N–H and O–H groups in total. The molecule has 1 atom stereocenters. The number of hydrogen-bond donors (Lipinski definition) is 1. The Bertz CT molecular complexity index is 740. The van der Waals surface area contributed by atoms with E-state index in [0.29, 0.717) is 0 Å². The van der Waals surface area contributed by atoms with Gasteiger partial charge in [0.25, 0.3) is 0 Å². The first kappa shape index (κ1) is 14.0. The fraction of sp³-hybridized carbons (Fsp3) is 0.167. The van der Waals surface area contributed by atoms with E-state index < -0.39 is 0 Å². The fourth-order valence-electron chi connectivity index (χ4n) is 2.31. The highest BCUT2D eigenvalue weighted by Gasteiger charge is 2.17. The van der Waals surface area contributed by atoms with Gasteiger partial charge in [-0.1, -0.05) is 59.8 Å². The third kappa shape index (κ3) is 3.03. The Balaban J connectivity index is 1.77. The second-order valence-electron chi connectivity index (χ2n) is 5.21. The second kappa shape index (κ2) is 5.78. The molecule has 0 aliphatic carbocycles. The predicted octanol–water partition coefficient (Wildman–Crippen LogP) is 4.84. The van der Waals surface area contributed by atoms with Crippen molar-refractivity contribution in [3.05, 3.63) is 65.7 Å². The summed E-state index contributed by atoms with van der Waals surface area (Å²) in [5, 5.41) is 2.10. The van der Waals surface area contributed by atoms with Gasteiger partial charge in [-0.3, -0.25) is 4.79 Å². The maximum atomic E-state index is 12.4. The summed E-state index contributed by atoms with van der Waals surface area (Å²) >= 11 is 1.57. The zero-order chi connectivity index (χ0) is 14.8. The zero-order valence-corrected chi connectivity index (χ0v) is 12.9. The summed E-state index contributed by atoms with van der Waals surface area (Å²) < 4.78 is 0. The average Bonchev–Trinajstić information content (AvgIpc) is 2.89. The van der Waals surface area contributed by atoms with E-state index in [9.17, 15) is 4.79 Å². The Hall–Kier alpha value is -2.00. The molecule has 0 saturated heterocycles. The zero-order valence-electron chi connectivity index (χ0n) is 12.1. The molecule has 21 heavy (non-hydrogen) atoms. The molecule has 0 aliphatic heterocycles. The van der Waals surface area contributed by atoms with Crippen molar-refractivity contribution in [3.63, 3.8) is 0 Å². The predicted molar refractivity (Wildman–Crippen MR) is 89.1 cm³/mol. The molecule has 0 amide bonds. The lowest BCUT2D eigenvalue weighted by Gasteiger charge is -2.09. The van der Waals surface area contributed by atoms with Gasteiger partial charge in [-0.2, -0.15) is 0 Å². The summed E-state index contributed by atoms with van der Waals surface area (Å²) in [4.78, 5) is 15.8. The number of H-pyrrole nitrogens is 1. The smallest absolute Gasteiger partial charge is 0.175 e. The summed E-state index contributed by atoms with van der Waals surface area (Å²) in [6.07, 6.45) is 0. The number of aryl methyl sites for hydroxylation is 1. The molecule has 2 aromatic carbocycles. The quantitative estimate of drug-likeness (QED) is 0.552. The second-order valence-corrected chi connectivity index (χ2v) is 6.59. The number of fused-ring (bicyclic) bond motifs is 1. The lowest BCUT2D eigenvalue weighted by atomic mass is 10.1.